The molecule has 0 aliphatic carbocycles. The normalized spacial score (nSPS) is 13.0. The Labute approximate surface area is 64.9 Å². The number of carbonyl (C=O) groups is 1. The highest BCUT2D eigenvalue weighted by molar-refractivity contribution is 6.64. The summed E-state index contributed by atoms with van der Waals surface area (Å²) in [6.07, 6.45) is 3.44. The van der Waals surface area contributed by atoms with Crippen molar-refractivity contribution >= 4 is 23.1 Å². The molecule has 0 aromatic rings. The fourth-order valence-electron chi connectivity index (χ4n) is 0.295. The van der Waals surface area contributed by atoms with Crippen molar-refractivity contribution in [2.75, 3.05) is 0 Å². The molecule has 0 bridgehead atoms. The molecule has 0 aromatic heterocycles. The third-order valence-corrected chi connectivity index (χ3v) is 0.861. The third kappa shape index (κ3) is 4.04. The number of aldehydes is 1. The zero-order valence-electron chi connectivity index (χ0n) is 5.67. The van der Waals surface area contributed by atoms with Gasteiger partial charge in [-0.1, -0.05) is 24.3 Å². The van der Waals surface area contributed by atoms with Gasteiger partial charge in [-0.25, -0.2) is 4.99 Å². The second-order valence-corrected chi connectivity index (χ2v) is 2.12. The molecule has 2 nitrogen and oxygen atoms in total. The first kappa shape index (κ1) is 9.11. The number of halogens is 1. The van der Waals surface area contributed by atoms with Gasteiger partial charge >= 0.3 is 0 Å². The molecule has 0 N–H and O–H groups in total. The first-order valence-electron chi connectivity index (χ1n) is 2.68. The van der Waals surface area contributed by atoms with E-state index in [1.807, 2.05) is 0 Å². The number of hydrogen-bond acceptors (Lipinski definition) is 2. The average Bonchev–Trinajstić information content (AvgIpc) is 1.90. The van der Waals surface area contributed by atoms with Crippen LogP contribution in [-0.2, 0) is 4.79 Å². The fraction of sp³-hybridized carbons (Fsp3) is 0.143. The van der Waals surface area contributed by atoms with Gasteiger partial charge in [0.15, 0.2) is 6.29 Å². The van der Waals surface area contributed by atoms with Crippen LogP contribution in [0.25, 0.3) is 0 Å². The largest absolute Gasteiger partial charge is 0.298 e. The summed E-state index contributed by atoms with van der Waals surface area (Å²) in [5, 5.41) is 0.390. The summed E-state index contributed by atoms with van der Waals surface area (Å²) in [5.74, 6) is 0. The molecule has 0 fully saturated rings. The first-order valence-corrected chi connectivity index (χ1v) is 3.06. The van der Waals surface area contributed by atoms with Crippen LogP contribution >= 0.6 is 11.6 Å². The average molecular weight is 158 g/mol. The molecule has 0 heterocycles. The molecule has 0 saturated heterocycles. The Morgan fingerprint density at radius 2 is 2.30 bits per heavy atom. The number of nitrogens with zero attached hydrogens (tertiary/aromatic N) is 1. The van der Waals surface area contributed by atoms with Crippen molar-refractivity contribution in [1.82, 2.24) is 0 Å². The summed E-state index contributed by atoms with van der Waals surface area (Å²) in [6.45, 7) is 5.03. The van der Waals surface area contributed by atoms with Crippen LogP contribution in [0.2, 0.25) is 0 Å². The summed E-state index contributed by atoms with van der Waals surface area (Å²) in [6, 6.07) is 0. The van der Waals surface area contributed by atoms with E-state index in [-0.39, 0.29) is 0 Å². The zero-order valence-corrected chi connectivity index (χ0v) is 6.43. The maximum atomic E-state index is 10.1. The molecule has 0 atom stereocenters. The smallest absolute Gasteiger partial charge is 0.151 e. The van der Waals surface area contributed by atoms with E-state index in [0.29, 0.717) is 17.0 Å². The van der Waals surface area contributed by atoms with Crippen LogP contribution in [0.15, 0.2) is 29.4 Å². The minimum absolute atomic E-state index is 0.390. The Kier molecular flexibility index (Phi) is 4.50. The molecule has 0 aromatic carbocycles. The molecule has 0 aliphatic rings. The van der Waals surface area contributed by atoms with Crippen LogP contribution in [0.1, 0.15) is 6.92 Å². The molecular formula is C7H8ClNO. The van der Waals surface area contributed by atoms with Crippen LogP contribution in [0.3, 0.4) is 0 Å². The number of carbonyl (C=O) groups excluding carboxylic acids is 1. The van der Waals surface area contributed by atoms with Crippen molar-refractivity contribution in [2.24, 2.45) is 4.99 Å². The van der Waals surface area contributed by atoms with E-state index in [2.05, 4.69) is 11.6 Å². The molecular weight excluding hydrogens is 150 g/mol. The highest BCUT2D eigenvalue weighted by Crippen LogP contribution is 1.92. The molecule has 0 saturated carbocycles. The quantitative estimate of drug-likeness (QED) is 0.266. The lowest BCUT2D eigenvalue weighted by Crippen LogP contribution is -1.78. The fourth-order valence-corrected chi connectivity index (χ4v) is 0.344. The summed E-state index contributed by atoms with van der Waals surface area (Å²) in [4.78, 5) is 13.8. The molecule has 10 heavy (non-hydrogen) atoms. The van der Waals surface area contributed by atoms with Gasteiger partial charge in [-0.2, -0.15) is 0 Å². The van der Waals surface area contributed by atoms with Gasteiger partial charge in [0.2, 0.25) is 0 Å². The Morgan fingerprint density at radius 3 is 2.60 bits per heavy atom. The van der Waals surface area contributed by atoms with Crippen molar-refractivity contribution in [1.29, 1.82) is 0 Å². The highest BCUT2D eigenvalue weighted by atomic mass is 35.5. The van der Waals surface area contributed by atoms with Crippen molar-refractivity contribution in [3.63, 3.8) is 0 Å². The summed E-state index contributed by atoms with van der Waals surface area (Å²) in [5.41, 5.74) is 0.417. The molecule has 3 heteroatoms. The lowest BCUT2D eigenvalue weighted by atomic mass is 10.3. The van der Waals surface area contributed by atoms with Gasteiger partial charge in [0.25, 0.3) is 0 Å². The minimum atomic E-state index is 0.390. The van der Waals surface area contributed by atoms with E-state index >= 15 is 0 Å². The first-order chi connectivity index (χ1) is 4.70. The number of rotatable bonds is 3. The van der Waals surface area contributed by atoms with Crippen LogP contribution in [0, 0.1) is 0 Å². The van der Waals surface area contributed by atoms with Crippen molar-refractivity contribution < 1.29 is 4.79 Å². The van der Waals surface area contributed by atoms with E-state index in [1.165, 1.54) is 12.3 Å². The molecule has 54 valence electrons. The zero-order chi connectivity index (χ0) is 7.98. The number of hydrogen-bond donors (Lipinski definition) is 0. The van der Waals surface area contributed by atoms with Crippen LogP contribution in [-0.4, -0.2) is 11.5 Å². The molecule has 0 spiro atoms. The van der Waals surface area contributed by atoms with Gasteiger partial charge in [0.05, 0.1) is 0 Å². The van der Waals surface area contributed by atoms with Crippen LogP contribution in [0.4, 0.5) is 0 Å². The Hall–Kier alpha value is -0.890. The maximum absolute atomic E-state index is 10.1. The molecule has 0 unspecified atom stereocenters. The van der Waals surface area contributed by atoms with Crippen LogP contribution < -0.4 is 0 Å². The van der Waals surface area contributed by atoms with Gasteiger partial charge in [-0.15, -0.1) is 0 Å². The Balaban J connectivity index is 4.26. The van der Waals surface area contributed by atoms with E-state index in [0.717, 1.165) is 0 Å². The van der Waals surface area contributed by atoms with Gasteiger partial charge in [0, 0.05) is 11.8 Å². The standard InChI is InChI=1S/C7H8ClNO/c1-3-7(5-10)4-9-6(2)8/h3-5H,1H2,2H3/b7-4+,9-6+. The van der Waals surface area contributed by atoms with Gasteiger partial charge in [-0.05, 0) is 6.92 Å². The maximum Gasteiger partial charge on any atom is 0.151 e. The Bertz CT molecular complexity index is 180. The second kappa shape index (κ2) is 4.94. The third-order valence-electron chi connectivity index (χ3n) is 0.763. The van der Waals surface area contributed by atoms with Gasteiger partial charge < -0.3 is 0 Å². The van der Waals surface area contributed by atoms with Gasteiger partial charge in [0.1, 0.15) is 5.17 Å². The SMILES string of the molecule is C=C/C(C=O)=C\N=C(/C)Cl. The van der Waals surface area contributed by atoms with E-state index in [9.17, 15) is 4.79 Å². The van der Waals surface area contributed by atoms with E-state index < -0.39 is 0 Å². The molecule has 0 rings (SSSR count). The number of aliphatic imine (C=N–C) groups is 1. The van der Waals surface area contributed by atoms with E-state index in [4.69, 9.17) is 11.6 Å². The molecule has 0 amide bonds. The summed E-state index contributed by atoms with van der Waals surface area (Å²) >= 11 is 5.39. The molecule has 0 aliphatic heterocycles. The van der Waals surface area contributed by atoms with Crippen molar-refractivity contribution in [3.05, 3.63) is 24.4 Å². The second-order valence-electron chi connectivity index (χ2n) is 1.58. The predicted octanol–water partition coefficient (Wildman–Crippen LogP) is 1.91. The van der Waals surface area contributed by atoms with Crippen molar-refractivity contribution in [3.8, 4) is 0 Å². The monoisotopic (exact) mass is 157 g/mol. The lowest BCUT2D eigenvalue weighted by Gasteiger charge is -1.83. The van der Waals surface area contributed by atoms with Crippen LogP contribution in [0.5, 0.6) is 0 Å². The number of allylic oxidation sites excluding steroid dienone is 2. The van der Waals surface area contributed by atoms with E-state index in [1.54, 1.807) is 6.92 Å². The predicted molar refractivity (Wildman–Crippen MR) is 43.3 cm³/mol. The molecule has 0 radical (unpaired) electrons. The summed E-state index contributed by atoms with van der Waals surface area (Å²) in [7, 11) is 0. The lowest BCUT2D eigenvalue weighted by molar-refractivity contribution is -0.104. The minimum Gasteiger partial charge on any atom is -0.298 e. The van der Waals surface area contributed by atoms with Crippen molar-refractivity contribution in [2.45, 2.75) is 6.92 Å². The Morgan fingerprint density at radius 1 is 1.70 bits per heavy atom. The summed E-state index contributed by atoms with van der Waals surface area (Å²) < 4.78 is 0. The van der Waals surface area contributed by atoms with Gasteiger partial charge in [-0.3, -0.25) is 4.79 Å². The topological polar surface area (TPSA) is 29.4 Å². The highest BCUT2D eigenvalue weighted by Gasteiger charge is 1.83.